The fourth-order valence-corrected chi connectivity index (χ4v) is 6.55. The number of thiazole rings is 1. The van der Waals surface area contributed by atoms with E-state index in [1.165, 1.54) is 25.6 Å². The molecular weight excluding hydrogens is 428 g/mol. The number of nitriles is 1. The molecule has 1 N–H and O–H groups in total. The van der Waals surface area contributed by atoms with Crippen molar-refractivity contribution < 1.29 is 0 Å². The summed E-state index contributed by atoms with van der Waals surface area (Å²) in [4.78, 5) is 9.71. The van der Waals surface area contributed by atoms with E-state index in [9.17, 15) is 5.26 Å². The van der Waals surface area contributed by atoms with Crippen LogP contribution in [-0.2, 0) is 19.5 Å². The number of nitrogens with zero attached hydrogens (tertiary/aromatic N) is 3. The number of thiophene rings is 1. The highest BCUT2D eigenvalue weighted by atomic mass is 32.2. The highest BCUT2D eigenvalue weighted by molar-refractivity contribution is 7.98. The van der Waals surface area contributed by atoms with Gasteiger partial charge in [0.25, 0.3) is 0 Å². The van der Waals surface area contributed by atoms with E-state index < -0.39 is 0 Å². The van der Waals surface area contributed by atoms with Crippen molar-refractivity contribution in [3.63, 3.8) is 0 Å². The molecule has 0 bridgehead atoms. The second kappa shape index (κ2) is 8.40. The van der Waals surface area contributed by atoms with E-state index in [0.29, 0.717) is 0 Å². The molecule has 0 aliphatic carbocycles. The first-order valence-electron chi connectivity index (χ1n) is 9.76. The number of thioether (sulfide) groups is 1. The standard InChI is InChI=1S/C23H20N4S3/c1-28-16-7-8-19-20(11-16)30-23(25-19)26-22-18(12-24)17-9-10-27(14-21(17)29-22)13-15-5-3-2-4-6-15/h2-8,11H,9-10,13-14H2,1H3,(H,25,26). The molecular formula is C23H20N4S3. The summed E-state index contributed by atoms with van der Waals surface area (Å²) in [7, 11) is 0. The molecule has 0 spiro atoms. The predicted molar refractivity (Wildman–Crippen MR) is 128 cm³/mol. The van der Waals surface area contributed by atoms with Crippen molar-refractivity contribution in [2.45, 2.75) is 24.4 Å². The zero-order valence-electron chi connectivity index (χ0n) is 16.5. The van der Waals surface area contributed by atoms with Crippen molar-refractivity contribution in [2.75, 3.05) is 18.1 Å². The molecule has 0 unspecified atom stereocenters. The fraction of sp³-hybridized carbons (Fsp3) is 0.217. The molecule has 4 aromatic rings. The van der Waals surface area contributed by atoms with Gasteiger partial charge in [-0.05, 0) is 42.0 Å². The lowest BCUT2D eigenvalue weighted by molar-refractivity contribution is 0.249. The van der Waals surface area contributed by atoms with Crippen LogP contribution in [0.2, 0.25) is 0 Å². The third-order valence-corrected chi connectivity index (χ3v) is 8.10. The van der Waals surface area contributed by atoms with E-state index in [1.807, 2.05) is 0 Å². The maximum atomic E-state index is 9.83. The quantitative estimate of drug-likeness (QED) is 0.366. The van der Waals surface area contributed by atoms with Gasteiger partial charge in [-0.2, -0.15) is 5.26 Å². The number of aromatic nitrogens is 1. The largest absolute Gasteiger partial charge is 0.322 e. The molecule has 0 amide bonds. The Morgan fingerprint density at radius 3 is 2.87 bits per heavy atom. The molecule has 0 atom stereocenters. The maximum Gasteiger partial charge on any atom is 0.188 e. The van der Waals surface area contributed by atoms with Gasteiger partial charge in [0.2, 0.25) is 0 Å². The van der Waals surface area contributed by atoms with E-state index in [1.54, 1.807) is 34.4 Å². The van der Waals surface area contributed by atoms with E-state index in [0.717, 1.165) is 47.3 Å². The molecule has 1 aliphatic rings. The van der Waals surface area contributed by atoms with Crippen LogP contribution in [0.5, 0.6) is 0 Å². The highest BCUT2D eigenvalue weighted by Crippen LogP contribution is 2.40. The second-order valence-corrected chi connectivity index (χ2v) is 10.3. The van der Waals surface area contributed by atoms with Gasteiger partial charge in [0.05, 0.1) is 15.8 Å². The summed E-state index contributed by atoms with van der Waals surface area (Å²) in [6.45, 7) is 2.81. The fourth-order valence-electron chi connectivity index (χ4n) is 3.82. The molecule has 3 heterocycles. The number of nitrogens with one attached hydrogen (secondary N) is 1. The van der Waals surface area contributed by atoms with Crippen molar-refractivity contribution in [2.24, 2.45) is 0 Å². The summed E-state index contributed by atoms with van der Waals surface area (Å²) in [5, 5.41) is 15.1. The van der Waals surface area contributed by atoms with Crippen molar-refractivity contribution in [1.29, 1.82) is 5.26 Å². The molecule has 2 aromatic carbocycles. The van der Waals surface area contributed by atoms with Gasteiger partial charge < -0.3 is 5.32 Å². The lowest BCUT2D eigenvalue weighted by Gasteiger charge is -2.26. The molecule has 0 saturated carbocycles. The zero-order valence-corrected chi connectivity index (χ0v) is 19.0. The summed E-state index contributed by atoms with van der Waals surface area (Å²) in [6, 6.07) is 19.4. The predicted octanol–water partition coefficient (Wildman–Crippen LogP) is 6.25. The van der Waals surface area contributed by atoms with E-state index in [4.69, 9.17) is 4.98 Å². The van der Waals surface area contributed by atoms with Gasteiger partial charge in [0.1, 0.15) is 11.1 Å². The number of hydrogen-bond acceptors (Lipinski definition) is 7. The lowest BCUT2D eigenvalue weighted by Crippen LogP contribution is -2.29. The third kappa shape index (κ3) is 3.84. The summed E-state index contributed by atoms with van der Waals surface area (Å²) < 4.78 is 1.17. The number of benzene rings is 2. The number of anilines is 2. The first-order chi connectivity index (χ1) is 14.7. The van der Waals surface area contributed by atoms with Gasteiger partial charge in [0.15, 0.2) is 5.13 Å². The summed E-state index contributed by atoms with van der Waals surface area (Å²) in [5.41, 5.74) is 4.32. The SMILES string of the molecule is CSc1ccc2nc(Nc3sc4c(c3C#N)CCN(Cc3ccccc3)C4)sc2c1. The van der Waals surface area contributed by atoms with Crippen molar-refractivity contribution >= 4 is 54.8 Å². The molecule has 7 heteroatoms. The minimum Gasteiger partial charge on any atom is -0.322 e. The number of fused-ring (bicyclic) bond motifs is 2. The van der Waals surface area contributed by atoms with Gasteiger partial charge in [-0.25, -0.2) is 4.98 Å². The first kappa shape index (κ1) is 19.6. The van der Waals surface area contributed by atoms with Gasteiger partial charge in [-0.1, -0.05) is 41.7 Å². The molecule has 1 aliphatic heterocycles. The van der Waals surface area contributed by atoms with Crippen LogP contribution in [0.1, 0.15) is 21.6 Å². The van der Waals surface area contributed by atoms with E-state index in [-0.39, 0.29) is 0 Å². The van der Waals surface area contributed by atoms with Crippen LogP contribution in [0.25, 0.3) is 10.2 Å². The van der Waals surface area contributed by atoms with Crippen LogP contribution in [-0.4, -0.2) is 22.7 Å². The Morgan fingerprint density at radius 2 is 2.07 bits per heavy atom. The molecule has 0 fully saturated rings. The third-order valence-electron chi connectivity index (χ3n) is 5.31. The molecule has 150 valence electrons. The molecule has 0 radical (unpaired) electrons. The Kier molecular flexibility index (Phi) is 5.48. The summed E-state index contributed by atoms with van der Waals surface area (Å²) in [6.07, 6.45) is 3.00. The number of rotatable bonds is 5. The molecule has 4 nitrogen and oxygen atoms in total. The lowest BCUT2D eigenvalue weighted by atomic mass is 10.0. The van der Waals surface area contributed by atoms with Crippen LogP contribution in [0, 0.1) is 11.3 Å². The van der Waals surface area contributed by atoms with Gasteiger partial charge >= 0.3 is 0 Å². The Bertz CT molecular complexity index is 1240. The first-order valence-corrected chi connectivity index (χ1v) is 12.6. The van der Waals surface area contributed by atoms with Gasteiger partial charge in [-0.3, -0.25) is 4.90 Å². The van der Waals surface area contributed by atoms with Gasteiger partial charge in [0, 0.05) is 29.4 Å². The Hall–Kier alpha value is -2.37. The van der Waals surface area contributed by atoms with Crippen LogP contribution >= 0.6 is 34.4 Å². The summed E-state index contributed by atoms with van der Waals surface area (Å²) in [5.74, 6) is 0. The minimum absolute atomic E-state index is 0.790. The van der Waals surface area contributed by atoms with Crippen LogP contribution in [0.3, 0.4) is 0 Å². The smallest absolute Gasteiger partial charge is 0.188 e. The summed E-state index contributed by atoms with van der Waals surface area (Å²) >= 11 is 5.08. The van der Waals surface area contributed by atoms with Crippen molar-refractivity contribution in [1.82, 2.24) is 9.88 Å². The average Bonchev–Trinajstić information content (AvgIpc) is 3.33. The van der Waals surface area contributed by atoms with E-state index in [2.05, 4.69) is 71.1 Å². The molecule has 5 rings (SSSR count). The zero-order chi connectivity index (χ0) is 20.5. The second-order valence-electron chi connectivity index (χ2n) is 7.24. The maximum absolute atomic E-state index is 9.83. The van der Waals surface area contributed by atoms with Crippen molar-refractivity contribution in [3.8, 4) is 6.07 Å². The Balaban J connectivity index is 1.39. The van der Waals surface area contributed by atoms with Crippen LogP contribution < -0.4 is 5.32 Å². The Labute approximate surface area is 188 Å². The highest BCUT2D eigenvalue weighted by Gasteiger charge is 2.25. The normalized spacial score (nSPS) is 13.9. The monoisotopic (exact) mass is 448 g/mol. The number of hydrogen-bond donors (Lipinski definition) is 1. The van der Waals surface area contributed by atoms with Crippen molar-refractivity contribution in [3.05, 3.63) is 70.1 Å². The molecule has 0 saturated heterocycles. The van der Waals surface area contributed by atoms with Gasteiger partial charge in [-0.15, -0.1) is 23.1 Å². The molecule has 30 heavy (non-hydrogen) atoms. The van der Waals surface area contributed by atoms with E-state index >= 15 is 0 Å². The average molecular weight is 449 g/mol. The molecule has 2 aromatic heterocycles. The van der Waals surface area contributed by atoms with Crippen LogP contribution in [0.4, 0.5) is 10.1 Å². The minimum atomic E-state index is 0.790. The topological polar surface area (TPSA) is 52.0 Å². The van der Waals surface area contributed by atoms with Crippen LogP contribution in [0.15, 0.2) is 53.4 Å². The Morgan fingerprint density at radius 1 is 1.20 bits per heavy atom.